The predicted octanol–water partition coefficient (Wildman–Crippen LogP) is 8.65. The first-order valence-corrected chi connectivity index (χ1v) is 11.7. The molecule has 0 rings (SSSR count). The van der Waals surface area contributed by atoms with Crippen molar-refractivity contribution in [2.24, 2.45) is 5.92 Å². The van der Waals surface area contributed by atoms with Crippen LogP contribution < -0.4 is 0 Å². The molecule has 0 aromatic rings. The van der Waals surface area contributed by atoms with E-state index in [-0.39, 0.29) is 15.9 Å². The summed E-state index contributed by atoms with van der Waals surface area (Å²) in [5, 5.41) is -0.312. The highest BCUT2D eigenvalue weighted by Gasteiger charge is 2.36. The highest BCUT2D eigenvalue weighted by atomic mass is 33.1. The Morgan fingerprint density at radius 1 is 0.792 bits per heavy atom. The molecule has 2 atom stereocenters. The maximum atomic E-state index is 13.1. The fourth-order valence-corrected chi connectivity index (χ4v) is 5.73. The third-order valence-corrected chi connectivity index (χ3v) is 7.91. The Bertz CT molecular complexity index is 298. The Labute approximate surface area is 155 Å². The fraction of sp³-hybridized carbons (Fsp3) is 1.00. The standard InChI is InChI=1S/C19H37F3S2/c1-6-8-10-12-14-16(13-11-9-7-2)17(15-19(20,21)22)23-24-18(3,4)5/h16-17H,6-15H2,1-5H3/t16?,17-/m1/s1. The molecule has 0 fully saturated rings. The van der Waals surface area contributed by atoms with Crippen molar-refractivity contribution in [2.45, 2.75) is 115 Å². The van der Waals surface area contributed by atoms with Gasteiger partial charge in [-0.25, -0.2) is 0 Å². The summed E-state index contributed by atoms with van der Waals surface area (Å²) in [6, 6.07) is 0. The van der Waals surface area contributed by atoms with E-state index in [1.165, 1.54) is 23.6 Å². The minimum Gasteiger partial charge on any atom is -0.171 e. The van der Waals surface area contributed by atoms with Gasteiger partial charge < -0.3 is 0 Å². The second-order valence-electron chi connectivity index (χ2n) is 7.75. The fourth-order valence-electron chi connectivity index (χ4n) is 2.72. The predicted molar refractivity (Wildman–Crippen MR) is 106 cm³/mol. The van der Waals surface area contributed by atoms with Gasteiger partial charge in [-0.05, 0) is 18.8 Å². The van der Waals surface area contributed by atoms with Crippen molar-refractivity contribution in [3.63, 3.8) is 0 Å². The van der Waals surface area contributed by atoms with E-state index < -0.39 is 12.6 Å². The van der Waals surface area contributed by atoms with Gasteiger partial charge in [0, 0.05) is 10.00 Å². The molecule has 0 radical (unpaired) electrons. The number of halogens is 3. The van der Waals surface area contributed by atoms with E-state index in [9.17, 15) is 13.2 Å². The van der Waals surface area contributed by atoms with E-state index in [4.69, 9.17) is 0 Å². The molecule has 24 heavy (non-hydrogen) atoms. The lowest BCUT2D eigenvalue weighted by Gasteiger charge is -2.30. The van der Waals surface area contributed by atoms with E-state index in [1.807, 2.05) is 0 Å². The summed E-state index contributed by atoms with van der Waals surface area (Å²) in [6.45, 7) is 10.5. The number of hydrogen-bond acceptors (Lipinski definition) is 2. The van der Waals surface area contributed by atoms with Gasteiger partial charge in [-0.1, -0.05) is 101 Å². The Kier molecular flexibility index (Phi) is 13.0. The van der Waals surface area contributed by atoms with E-state index in [2.05, 4.69) is 34.6 Å². The van der Waals surface area contributed by atoms with Crippen LogP contribution in [0.25, 0.3) is 0 Å². The van der Waals surface area contributed by atoms with Crippen LogP contribution >= 0.6 is 21.6 Å². The first-order valence-electron chi connectivity index (χ1n) is 9.50. The average Bonchev–Trinajstić information content (AvgIpc) is 2.44. The highest BCUT2D eigenvalue weighted by Crippen LogP contribution is 2.46. The topological polar surface area (TPSA) is 0 Å². The summed E-state index contributed by atoms with van der Waals surface area (Å²) in [4.78, 5) is 0. The summed E-state index contributed by atoms with van der Waals surface area (Å²) in [7, 11) is 3.09. The van der Waals surface area contributed by atoms with Gasteiger partial charge in [-0.15, -0.1) is 0 Å². The molecule has 0 nitrogen and oxygen atoms in total. The average molecular weight is 387 g/mol. The SMILES string of the molecule is CCCCCCC(CCCCC)[C@@H](CC(F)(F)F)SSC(C)(C)C. The van der Waals surface area contributed by atoms with Crippen LogP contribution in [0.3, 0.4) is 0 Å². The van der Waals surface area contributed by atoms with Crippen LogP contribution in [0.4, 0.5) is 13.2 Å². The van der Waals surface area contributed by atoms with E-state index in [0.717, 1.165) is 44.9 Å². The summed E-state index contributed by atoms with van der Waals surface area (Å²) >= 11 is 0. The van der Waals surface area contributed by atoms with Gasteiger partial charge in [0.05, 0.1) is 6.42 Å². The molecule has 0 aromatic heterocycles. The molecule has 0 saturated carbocycles. The lowest BCUT2D eigenvalue weighted by molar-refractivity contribution is -0.136. The van der Waals surface area contributed by atoms with Crippen molar-refractivity contribution < 1.29 is 13.2 Å². The molecule has 0 amide bonds. The number of alkyl halides is 3. The molecule has 0 aliphatic heterocycles. The lowest BCUT2D eigenvalue weighted by atomic mass is 9.90. The maximum Gasteiger partial charge on any atom is 0.390 e. The second-order valence-corrected chi connectivity index (χ2v) is 11.0. The van der Waals surface area contributed by atoms with Gasteiger partial charge >= 0.3 is 6.18 Å². The quantitative estimate of drug-likeness (QED) is 0.229. The maximum absolute atomic E-state index is 13.1. The van der Waals surface area contributed by atoms with Crippen molar-refractivity contribution in [3.05, 3.63) is 0 Å². The Hall–Kier alpha value is 0.490. The van der Waals surface area contributed by atoms with Crippen molar-refractivity contribution in [3.8, 4) is 0 Å². The van der Waals surface area contributed by atoms with Crippen LogP contribution in [0.15, 0.2) is 0 Å². The molecule has 1 unspecified atom stereocenters. The third-order valence-electron chi connectivity index (χ3n) is 3.99. The zero-order valence-electron chi connectivity index (χ0n) is 16.2. The number of rotatable bonds is 13. The monoisotopic (exact) mass is 386 g/mol. The van der Waals surface area contributed by atoms with Crippen LogP contribution in [0, 0.1) is 5.92 Å². The molecule has 0 aliphatic carbocycles. The van der Waals surface area contributed by atoms with Crippen molar-refractivity contribution >= 4 is 21.6 Å². The molecule has 0 heterocycles. The van der Waals surface area contributed by atoms with Crippen LogP contribution in [-0.4, -0.2) is 16.2 Å². The Morgan fingerprint density at radius 3 is 1.75 bits per heavy atom. The zero-order chi connectivity index (χ0) is 18.6. The van der Waals surface area contributed by atoms with E-state index >= 15 is 0 Å². The minimum atomic E-state index is -4.07. The number of hydrogen-bond donors (Lipinski definition) is 0. The Balaban J connectivity index is 4.83. The summed E-state index contributed by atoms with van der Waals surface area (Å²) < 4.78 is 39.3. The molecule has 146 valence electrons. The molecule has 0 aromatic carbocycles. The van der Waals surface area contributed by atoms with Crippen molar-refractivity contribution in [2.75, 3.05) is 0 Å². The van der Waals surface area contributed by atoms with Gasteiger partial charge in [-0.2, -0.15) is 13.2 Å². The smallest absolute Gasteiger partial charge is 0.171 e. The van der Waals surface area contributed by atoms with E-state index in [1.54, 1.807) is 10.8 Å². The first-order chi connectivity index (χ1) is 11.1. The van der Waals surface area contributed by atoms with Gasteiger partial charge in [0.15, 0.2) is 0 Å². The van der Waals surface area contributed by atoms with Crippen LogP contribution in [0.2, 0.25) is 0 Å². The third kappa shape index (κ3) is 14.8. The van der Waals surface area contributed by atoms with Crippen LogP contribution in [-0.2, 0) is 0 Å². The highest BCUT2D eigenvalue weighted by molar-refractivity contribution is 8.77. The van der Waals surface area contributed by atoms with Crippen molar-refractivity contribution in [1.82, 2.24) is 0 Å². The summed E-state index contributed by atoms with van der Waals surface area (Å²) in [5.74, 6) is 0.190. The molecule has 0 saturated heterocycles. The van der Waals surface area contributed by atoms with Crippen molar-refractivity contribution in [1.29, 1.82) is 0 Å². The molecular formula is C19H37F3S2. The summed E-state index contributed by atoms with van der Waals surface area (Å²) in [5.41, 5.74) is 0. The minimum absolute atomic E-state index is 0.00923. The summed E-state index contributed by atoms with van der Waals surface area (Å²) in [6.07, 6.45) is 5.06. The normalized spacial score (nSPS) is 15.5. The van der Waals surface area contributed by atoms with Crippen LogP contribution in [0.5, 0.6) is 0 Å². The van der Waals surface area contributed by atoms with Gasteiger partial charge in [0.2, 0.25) is 0 Å². The van der Waals surface area contributed by atoms with Gasteiger partial charge in [-0.3, -0.25) is 0 Å². The Morgan fingerprint density at radius 2 is 1.29 bits per heavy atom. The number of unbranched alkanes of at least 4 members (excludes halogenated alkanes) is 5. The second kappa shape index (κ2) is 12.8. The van der Waals surface area contributed by atoms with Gasteiger partial charge in [0.25, 0.3) is 0 Å². The lowest BCUT2D eigenvalue weighted by Crippen LogP contribution is -2.25. The molecule has 0 N–H and O–H groups in total. The van der Waals surface area contributed by atoms with E-state index in [0.29, 0.717) is 0 Å². The van der Waals surface area contributed by atoms with Crippen LogP contribution in [0.1, 0.15) is 98.8 Å². The molecular weight excluding hydrogens is 349 g/mol. The zero-order valence-corrected chi connectivity index (χ0v) is 17.8. The molecule has 5 heteroatoms. The van der Waals surface area contributed by atoms with Gasteiger partial charge in [0.1, 0.15) is 0 Å². The molecule has 0 bridgehead atoms. The first kappa shape index (κ1) is 24.5. The largest absolute Gasteiger partial charge is 0.390 e. The molecule has 0 aliphatic rings. The molecule has 0 spiro atoms.